The number of aliphatic carboxylic acids is 1. The van der Waals surface area contributed by atoms with Crippen molar-refractivity contribution in [2.75, 3.05) is 13.2 Å². The Morgan fingerprint density at radius 2 is 2.13 bits per heavy atom. The van der Waals surface area contributed by atoms with E-state index in [0.29, 0.717) is 25.4 Å². The standard InChI is InChI=1S/C23H32F2O6/c24-15-5-9-19(25)22(10-15)31-13-16(26)6-8-17-18-7-4-14(2-1-3-23(28)29)12-30-21(18)11-20(17)27/h6,8,10,14,16-18,20-21,26-27H,1-5,7,9,11-13H2,(H,28,29)/b8-6+/t14-,16+,17+,18+,20+,21-/m0/s1. The highest BCUT2D eigenvalue weighted by atomic mass is 19.1. The number of hydrogen-bond donors (Lipinski definition) is 3. The van der Waals surface area contributed by atoms with Crippen molar-refractivity contribution in [2.24, 2.45) is 17.8 Å². The summed E-state index contributed by atoms with van der Waals surface area (Å²) in [4.78, 5) is 10.7. The molecule has 8 heteroatoms. The van der Waals surface area contributed by atoms with Crippen molar-refractivity contribution in [3.63, 3.8) is 0 Å². The number of aliphatic hydroxyl groups is 2. The third-order valence-electron chi connectivity index (χ3n) is 6.45. The zero-order valence-corrected chi connectivity index (χ0v) is 17.6. The maximum absolute atomic E-state index is 13.7. The number of carbonyl (C=O) groups is 1. The molecule has 0 aromatic rings. The SMILES string of the molecule is O=C(O)CCC[C@H]1CC[C@@H]2[C@@H](/C=C/[C@@H](O)COC3=C(F)CCC(F)=C3)[C@H](O)C[C@@H]2OC1. The highest BCUT2D eigenvalue weighted by Gasteiger charge is 2.43. The summed E-state index contributed by atoms with van der Waals surface area (Å²) in [6, 6.07) is 0. The van der Waals surface area contributed by atoms with E-state index in [1.54, 1.807) is 6.08 Å². The molecule has 0 aromatic carbocycles. The maximum atomic E-state index is 13.7. The molecule has 0 bridgehead atoms. The van der Waals surface area contributed by atoms with Crippen LogP contribution in [0.3, 0.4) is 0 Å². The smallest absolute Gasteiger partial charge is 0.303 e. The molecule has 1 heterocycles. The van der Waals surface area contributed by atoms with Gasteiger partial charge < -0.3 is 24.8 Å². The molecule has 6 atom stereocenters. The highest BCUT2D eigenvalue weighted by Crippen LogP contribution is 2.42. The zero-order valence-electron chi connectivity index (χ0n) is 17.6. The average Bonchev–Trinajstić information content (AvgIpc) is 2.88. The van der Waals surface area contributed by atoms with Gasteiger partial charge in [0.2, 0.25) is 0 Å². The van der Waals surface area contributed by atoms with Crippen LogP contribution in [0.5, 0.6) is 0 Å². The van der Waals surface area contributed by atoms with E-state index in [1.807, 2.05) is 0 Å². The molecule has 2 fully saturated rings. The number of hydrogen-bond acceptors (Lipinski definition) is 5. The summed E-state index contributed by atoms with van der Waals surface area (Å²) in [5.41, 5.74) is 0. The first-order valence-corrected chi connectivity index (χ1v) is 11.1. The van der Waals surface area contributed by atoms with E-state index in [4.69, 9.17) is 14.6 Å². The number of carboxylic acid groups (broad SMARTS) is 1. The van der Waals surface area contributed by atoms with E-state index in [-0.39, 0.29) is 49.6 Å². The zero-order chi connectivity index (χ0) is 22.4. The van der Waals surface area contributed by atoms with Gasteiger partial charge in [-0.2, -0.15) is 0 Å². The van der Waals surface area contributed by atoms with Gasteiger partial charge >= 0.3 is 5.97 Å². The normalized spacial score (nSPS) is 32.5. The minimum absolute atomic E-state index is 0.0196. The van der Waals surface area contributed by atoms with Crippen LogP contribution in [0.4, 0.5) is 8.78 Å². The Hall–Kier alpha value is -1.77. The molecule has 31 heavy (non-hydrogen) atoms. The maximum Gasteiger partial charge on any atom is 0.303 e. The van der Waals surface area contributed by atoms with Gasteiger partial charge in [-0.05, 0) is 37.5 Å². The fourth-order valence-electron chi connectivity index (χ4n) is 4.74. The number of fused-ring (bicyclic) bond motifs is 1. The molecule has 174 valence electrons. The molecule has 2 aliphatic carbocycles. The van der Waals surface area contributed by atoms with E-state index < -0.39 is 29.8 Å². The van der Waals surface area contributed by atoms with Crippen molar-refractivity contribution in [1.82, 2.24) is 0 Å². The Morgan fingerprint density at radius 3 is 2.90 bits per heavy atom. The monoisotopic (exact) mass is 442 g/mol. The van der Waals surface area contributed by atoms with Crippen molar-refractivity contribution >= 4 is 5.97 Å². The van der Waals surface area contributed by atoms with Gasteiger partial charge in [0.05, 0.1) is 12.2 Å². The average molecular weight is 442 g/mol. The lowest BCUT2D eigenvalue weighted by Gasteiger charge is -2.21. The van der Waals surface area contributed by atoms with E-state index in [1.165, 1.54) is 6.08 Å². The second kappa shape index (κ2) is 11.2. The first-order valence-electron chi connectivity index (χ1n) is 11.1. The minimum Gasteiger partial charge on any atom is -0.488 e. The number of rotatable bonds is 9. The van der Waals surface area contributed by atoms with Gasteiger partial charge in [0.15, 0.2) is 5.76 Å². The Bertz CT molecular complexity index is 719. The lowest BCUT2D eigenvalue weighted by molar-refractivity contribution is -0.137. The van der Waals surface area contributed by atoms with Crippen molar-refractivity contribution in [2.45, 2.75) is 69.7 Å². The Balaban J connectivity index is 1.50. The predicted octanol–water partition coefficient (Wildman–Crippen LogP) is 3.80. The number of aliphatic hydroxyl groups excluding tert-OH is 2. The van der Waals surface area contributed by atoms with Crippen molar-refractivity contribution in [3.8, 4) is 0 Å². The van der Waals surface area contributed by atoms with Gasteiger partial charge in [-0.25, -0.2) is 8.78 Å². The number of ether oxygens (including phenoxy) is 2. The van der Waals surface area contributed by atoms with E-state index >= 15 is 0 Å². The van der Waals surface area contributed by atoms with Crippen LogP contribution in [0, 0.1) is 17.8 Å². The molecule has 0 radical (unpaired) electrons. The number of halogens is 2. The predicted molar refractivity (Wildman–Crippen MR) is 109 cm³/mol. The summed E-state index contributed by atoms with van der Waals surface area (Å²) in [6.07, 6.45) is 6.56. The van der Waals surface area contributed by atoms with Crippen LogP contribution in [0.25, 0.3) is 0 Å². The molecular weight excluding hydrogens is 410 g/mol. The molecule has 3 rings (SSSR count). The minimum atomic E-state index is -1.01. The second-order valence-corrected chi connectivity index (χ2v) is 8.77. The molecule has 0 amide bonds. The quantitative estimate of drug-likeness (QED) is 0.470. The Morgan fingerprint density at radius 1 is 1.32 bits per heavy atom. The summed E-state index contributed by atoms with van der Waals surface area (Å²) in [5.74, 6) is -1.66. The van der Waals surface area contributed by atoms with Crippen LogP contribution in [0.15, 0.2) is 35.6 Å². The van der Waals surface area contributed by atoms with Crippen LogP contribution in [-0.4, -0.2) is 52.8 Å². The summed E-state index contributed by atoms with van der Waals surface area (Å²) >= 11 is 0. The Labute approximate surface area is 181 Å². The molecule has 1 aliphatic heterocycles. The van der Waals surface area contributed by atoms with Crippen molar-refractivity contribution in [3.05, 3.63) is 35.6 Å². The molecule has 1 saturated heterocycles. The van der Waals surface area contributed by atoms with Crippen molar-refractivity contribution in [1.29, 1.82) is 0 Å². The number of allylic oxidation sites excluding steroid dienone is 3. The second-order valence-electron chi connectivity index (χ2n) is 8.77. The largest absolute Gasteiger partial charge is 0.488 e. The molecule has 0 unspecified atom stereocenters. The topological polar surface area (TPSA) is 96.2 Å². The van der Waals surface area contributed by atoms with Crippen LogP contribution in [-0.2, 0) is 14.3 Å². The van der Waals surface area contributed by atoms with E-state index in [2.05, 4.69) is 0 Å². The third kappa shape index (κ3) is 6.85. The summed E-state index contributed by atoms with van der Waals surface area (Å²) in [7, 11) is 0. The molecule has 3 N–H and O–H groups in total. The number of carboxylic acids is 1. The molecule has 3 aliphatic rings. The summed E-state index contributed by atoms with van der Waals surface area (Å²) in [5, 5.41) is 29.5. The van der Waals surface area contributed by atoms with Crippen LogP contribution in [0.2, 0.25) is 0 Å². The van der Waals surface area contributed by atoms with Gasteiger partial charge in [0, 0.05) is 44.3 Å². The fourth-order valence-corrected chi connectivity index (χ4v) is 4.74. The summed E-state index contributed by atoms with van der Waals surface area (Å²) in [6.45, 7) is 0.368. The lowest BCUT2D eigenvalue weighted by Crippen LogP contribution is -2.22. The van der Waals surface area contributed by atoms with Gasteiger partial charge in [0.1, 0.15) is 24.4 Å². The third-order valence-corrected chi connectivity index (χ3v) is 6.45. The van der Waals surface area contributed by atoms with Gasteiger partial charge in [-0.1, -0.05) is 12.2 Å². The fraction of sp³-hybridized carbons (Fsp3) is 0.696. The summed E-state index contributed by atoms with van der Waals surface area (Å²) < 4.78 is 38.2. The van der Waals surface area contributed by atoms with Gasteiger partial charge in [-0.15, -0.1) is 0 Å². The molecular formula is C23H32F2O6. The highest BCUT2D eigenvalue weighted by molar-refractivity contribution is 5.66. The molecule has 0 aromatic heterocycles. The van der Waals surface area contributed by atoms with E-state index in [0.717, 1.165) is 25.3 Å². The van der Waals surface area contributed by atoms with Crippen LogP contribution in [0.1, 0.15) is 51.4 Å². The first-order chi connectivity index (χ1) is 14.8. The van der Waals surface area contributed by atoms with Gasteiger partial charge in [-0.3, -0.25) is 4.79 Å². The van der Waals surface area contributed by atoms with E-state index in [9.17, 15) is 23.8 Å². The molecule has 6 nitrogen and oxygen atoms in total. The van der Waals surface area contributed by atoms with Crippen molar-refractivity contribution < 1.29 is 38.4 Å². The van der Waals surface area contributed by atoms with Gasteiger partial charge in [0.25, 0.3) is 0 Å². The van der Waals surface area contributed by atoms with Crippen LogP contribution >= 0.6 is 0 Å². The van der Waals surface area contributed by atoms with Crippen LogP contribution < -0.4 is 0 Å². The first kappa shape index (κ1) is 23.9. The molecule has 0 spiro atoms. The lowest BCUT2D eigenvalue weighted by atomic mass is 9.86. The molecule has 1 saturated carbocycles. The Kier molecular flexibility index (Phi) is 8.63.